The van der Waals surface area contributed by atoms with Gasteiger partial charge in [-0.05, 0) is 35.4 Å². The minimum Gasteiger partial charge on any atom is -0.326 e. The van der Waals surface area contributed by atoms with Crippen LogP contribution in [0, 0.1) is 10.1 Å². The highest BCUT2D eigenvalue weighted by Gasteiger charge is 2.32. The standard InChI is InChI=1S/C16H10F3N3O3.C7H7F3N2/c17-16(18,19)14-5-4-10(8-20-14)9-21-7-6-11-12(15(21)23)2-1-3-13(11)22(24)25;8-7(9,10)6-2-1-5(3-11)4-12-6/h1-8H,9H2;1-2,4H,3,11H2. The summed E-state index contributed by atoms with van der Waals surface area (Å²) in [6, 6.07) is 9.92. The number of fused-ring (bicyclic) bond motifs is 1. The zero-order chi connectivity index (χ0) is 27.4. The molecule has 4 rings (SSSR count). The summed E-state index contributed by atoms with van der Waals surface area (Å²) in [6.45, 7) is 0.202. The highest BCUT2D eigenvalue weighted by atomic mass is 19.4. The van der Waals surface area contributed by atoms with E-state index in [9.17, 15) is 41.3 Å². The van der Waals surface area contributed by atoms with Crippen molar-refractivity contribution < 1.29 is 31.3 Å². The van der Waals surface area contributed by atoms with E-state index in [0.29, 0.717) is 11.1 Å². The van der Waals surface area contributed by atoms with Crippen molar-refractivity contribution in [1.29, 1.82) is 0 Å². The summed E-state index contributed by atoms with van der Waals surface area (Å²) < 4.78 is 74.6. The summed E-state index contributed by atoms with van der Waals surface area (Å²) in [5.41, 5.74) is 3.62. The van der Waals surface area contributed by atoms with Crippen molar-refractivity contribution in [2.24, 2.45) is 5.73 Å². The van der Waals surface area contributed by atoms with Crippen molar-refractivity contribution in [2.75, 3.05) is 0 Å². The smallest absolute Gasteiger partial charge is 0.326 e. The molecule has 14 heteroatoms. The maximum atomic E-state index is 12.5. The summed E-state index contributed by atoms with van der Waals surface area (Å²) in [5, 5.41) is 11.4. The Labute approximate surface area is 204 Å². The van der Waals surface area contributed by atoms with E-state index < -0.39 is 34.2 Å². The van der Waals surface area contributed by atoms with Gasteiger partial charge in [-0.25, -0.2) is 0 Å². The number of non-ortho nitro benzene ring substituents is 1. The van der Waals surface area contributed by atoms with Crippen LogP contribution in [0.5, 0.6) is 0 Å². The Morgan fingerprint density at radius 1 is 0.838 bits per heavy atom. The number of hydrogen-bond donors (Lipinski definition) is 1. The lowest BCUT2D eigenvalue weighted by Gasteiger charge is -2.09. The van der Waals surface area contributed by atoms with Gasteiger partial charge in [-0.2, -0.15) is 26.3 Å². The van der Waals surface area contributed by atoms with Crippen LogP contribution in [0.15, 0.2) is 71.9 Å². The number of nitro groups is 1. The van der Waals surface area contributed by atoms with E-state index >= 15 is 0 Å². The largest absolute Gasteiger partial charge is 0.433 e. The fourth-order valence-corrected chi connectivity index (χ4v) is 3.18. The first-order chi connectivity index (χ1) is 17.3. The lowest BCUT2D eigenvalue weighted by Crippen LogP contribution is -2.20. The fourth-order valence-electron chi connectivity index (χ4n) is 3.18. The molecule has 37 heavy (non-hydrogen) atoms. The molecule has 2 N–H and O–H groups in total. The van der Waals surface area contributed by atoms with Gasteiger partial charge in [-0.1, -0.05) is 18.2 Å². The van der Waals surface area contributed by atoms with Crippen LogP contribution in [0.3, 0.4) is 0 Å². The van der Waals surface area contributed by atoms with Crippen LogP contribution >= 0.6 is 0 Å². The molecular weight excluding hydrogens is 508 g/mol. The van der Waals surface area contributed by atoms with Crippen LogP contribution < -0.4 is 11.3 Å². The lowest BCUT2D eigenvalue weighted by atomic mass is 10.1. The normalized spacial score (nSPS) is 11.6. The molecule has 0 atom stereocenters. The number of nitro benzene ring substituents is 1. The minimum absolute atomic E-state index is 0.00258. The number of nitrogens with two attached hydrogens (primary N) is 1. The third-order valence-corrected chi connectivity index (χ3v) is 5.01. The molecule has 0 unspecified atom stereocenters. The zero-order valence-corrected chi connectivity index (χ0v) is 18.6. The van der Waals surface area contributed by atoms with E-state index in [1.807, 2.05) is 0 Å². The molecule has 0 bridgehead atoms. The summed E-state index contributed by atoms with van der Waals surface area (Å²) in [4.78, 5) is 29.5. The number of rotatable bonds is 4. The molecule has 3 heterocycles. The lowest BCUT2D eigenvalue weighted by molar-refractivity contribution is -0.383. The average molecular weight is 525 g/mol. The highest BCUT2D eigenvalue weighted by Crippen LogP contribution is 2.28. The maximum absolute atomic E-state index is 12.5. The monoisotopic (exact) mass is 525 g/mol. The molecule has 3 aromatic heterocycles. The van der Waals surface area contributed by atoms with Crippen LogP contribution in [0.2, 0.25) is 0 Å². The van der Waals surface area contributed by atoms with E-state index in [4.69, 9.17) is 5.73 Å². The Kier molecular flexibility index (Phi) is 7.91. The van der Waals surface area contributed by atoms with Crippen molar-refractivity contribution in [3.63, 3.8) is 0 Å². The molecule has 0 amide bonds. The number of benzene rings is 1. The maximum Gasteiger partial charge on any atom is 0.433 e. The van der Waals surface area contributed by atoms with Crippen LogP contribution in [0.1, 0.15) is 22.5 Å². The summed E-state index contributed by atoms with van der Waals surface area (Å²) >= 11 is 0. The summed E-state index contributed by atoms with van der Waals surface area (Å²) in [5.74, 6) is 0. The van der Waals surface area contributed by atoms with E-state index in [1.54, 1.807) is 0 Å². The van der Waals surface area contributed by atoms with Crippen molar-refractivity contribution >= 4 is 16.5 Å². The second-order valence-electron chi connectivity index (χ2n) is 7.55. The molecule has 1 aromatic carbocycles. The van der Waals surface area contributed by atoms with Gasteiger partial charge in [0.2, 0.25) is 0 Å². The molecule has 0 aliphatic carbocycles. The molecule has 0 saturated carbocycles. The molecular formula is C23H17F6N5O3. The second-order valence-corrected chi connectivity index (χ2v) is 7.55. The van der Waals surface area contributed by atoms with Gasteiger partial charge in [0.15, 0.2) is 0 Å². The molecule has 8 nitrogen and oxygen atoms in total. The van der Waals surface area contributed by atoms with Gasteiger partial charge in [-0.15, -0.1) is 0 Å². The molecule has 0 spiro atoms. The number of hydrogen-bond acceptors (Lipinski definition) is 6. The number of alkyl halides is 6. The van der Waals surface area contributed by atoms with Crippen molar-refractivity contribution in [2.45, 2.75) is 25.4 Å². The molecule has 0 radical (unpaired) electrons. The molecule has 0 aliphatic heterocycles. The van der Waals surface area contributed by atoms with Gasteiger partial charge in [0.05, 0.1) is 22.2 Å². The van der Waals surface area contributed by atoms with Gasteiger partial charge in [0, 0.05) is 31.2 Å². The minimum atomic E-state index is -4.53. The van der Waals surface area contributed by atoms with Gasteiger partial charge in [0.25, 0.3) is 11.2 Å². The SMILES string of the molecule is NCc1ccc(C(F)(F)F)nc1.O=c1c2cccc([N+](=O)[O-])c2ccn1Cc1ccc(C(F)(F)F)nc1. The first kappa shape index (κ1) is 27.3. The first-order valence-corrected chi connectivity index (χ1v) is 10.3. The predicted octanol–water partition coefficient (Wildman–Crippen LogP) is 4.93. The molecule has 0 fully saturated rings. The van der Waals surface area contributed by atoms with E-state index in [2.05, 4.69) is 9.97 Å². The molecule has 0 saturated heterocycles. The Morgan fingerprint density at radius 3 is 1.86 bits per heavy atom. The number of aromatic nitrogens is 3. The topological polar surface area (TPSA) is 117 Å². The second kappa shape index (κ2) is 10.7. The summed E-state index contributed by atoms with van der Waals surface area (Å²) in [7, 11) is 0. The van der Waals surface area contributed by atoms with E-state index in [1.165, 1.54) is 47.2 Å². The molecule has 0 aliphatic rings. The van der Waals surface area contributed by atoms with Gasteiger partial charge in [-0.3, -0.25) is 24.9 Å². The van der Waals surface area contributed by atoms with Crippen molar-refractivity contribution in [1.82, 2.24) is 14.5 Å². The fraction of sp³-hybridized carbons (Fsp3) is 0.174. The van der Waals surface area contributed by atoms with E-state index in [0.717, 1.165) is 24.5 Å². The van der Waals surface area contributed by atoms with Crippen LogP contribution in [-0.4, -0.2) is 19.5 Å². The Hall–Kier alpha value is -4.33. The Morgan fingerprint density at radius 2 is 1.41 bits per heavy atom. The zero-order valence-electron chi connectivity index (χ0n) is 18.6. The van der Waals surface area contributed by atoms with Crippen molar-refractivity contribution in [3.05, 3.63) is 110 Å². The number of halogens is 6. The average Bonchev–Trinajstić information content (AvgIpc) is 2.85. The van der Waals surface area contributed by atoms with E-state index in [-0.39, 0.29) is 29.5 Å². The molecule has 4 aromatic rings. The molecule has 194 valence electrons. The Balaban J connectivity index is 0.000000266. The van der Waals surface area contributed by atoms with Crippen LogP contribution in [-0.2, 0) is 25.4 Å². The first-order valence-electron chi connectivity index (χ1n) is 10.3. The van der Waals surface area contributed by atoms with Crippen molar-refractivity contribution in [3.8, 4) is 0 Å². The summed E-state index contributed by atoms with van der Waals surface area (Å²) in [6.07, 6.45) is -5.35. The Bertz CT molecular complexity index is 1450. The van der Waals surface area contributed by atoms with Gasteiger partial charge < -0.3 is 10.3 Å². The third kappa shape index (κ3) is 6.67. The van der Waals surface area contributed by atoms with Gasteiger partial charge >= 0.3 is 12.4 Å². The third-order valence-electron chi connectivity index (χ3n) is 5.01. The van der Waals surface area contributed by atoms with Crippen LogP contribution in [0.4, 0.5) is 32.0 Å². The predicted molar refractivity (Wildman–Crippen MR) is 120 cm³/mol. The van der Waals surface area contributed by atoms with Crippen LogP contribution in [0.25, 0.3) is 10.8 Å². The highest BCUT2D eigenvalue weighted by molar-refractivity contribution is 5.89. The quantitative estimate of drug-likeness (QED) is 0.229. The van der Waals surface area contributed by atoms with Gasteiger partial charge in [0.1, 0.15) is 11.4 Å². The number of nitrogens with zero attached hydrogens (tertiary/aromatic N) is 4. The number of pyridine rings is 3.